The third-order valence-corrected chi connectivity index (χ3v) is 2.16. The number of aromatic nitrogens is 1. The predicted octanol–water partition coefficient (Wildman–Crippen LogP) is 2.38. The quantitative estimate of drug-likeness (QED) is 0.760. The van der Waals surface area contributed by atoms with Gasteiger partial charge in [-0.3, -0.25) is 0 Å². The molecule has 76 valence electrons. The van der Waals surface area contributed by atoms with Gasteiger partial charge in [-0.25, -0.2) is 4.98 Å². The molecule has 0 aliphatic carbocycles. The fourth-order valence-electron chi connectivity index (χ4n) is 1.44. The lowest BCUT2D eigenvalue weighted by atomic mass is 10.1. The highest BCUT2D eigenvalue weighted by Gasteiger charge is 2.06. The monoisotopic (exact) mass is 203 g/mol. The van der Waals surface area contributed by atoms with Gasteiger partial charge in [-0.2, -0.15) is 4.39 Å². The molecule has 0 amide bonds. The van der Waals surface area contributed by atoms with Crippen LogP contribution in [0.3, 0.4) is 0 Å². The van der Waals surface area contributed by atoms with Crippen LogP contribution in [0, 0.1) is 5.95 Å². The predicted molar refractivity (Wildman–Crippen MR) is 55.6 cm³/mol. The van der Waals surface area contributed by atoms with Gasteiger partial charge < -0.3 is 5.11 Å². The van der Waals surface area contributed by atoms with Crippen LogP contribution in [0.1, 0.15) is 5.56 Å². The van der Waals surface area contributed by atoms with Crippen molar-refractivity contribution in [2.24, 2.45) is 0 Å². The van der Waals surface area contributed by atoms with E-state index in [0.717, 1.165) is 5.56 Å². The summed E-state index contributed by atoms with van der Waals surface area (Å²) in [4.78, 5) is 3.79. The zero-order chi connectivity index (χ0) is 10.7. The summed E-state index contributed by atoms with van der Waals surface area (Å²) in [6.07, 6.45) is 0. The van der Waals surface area contributed by atoms with Crippen molar-refractivity contribution in [3.8, 4) is 11.3 Å². The number of aliphatic hydroxyl groups excluding tert-OH is 1. The summed E-state index contributed by atoms with van der Waals surface area (Å²) in [5.41, 5.74) is 1.93. The number of pyridine rings is 1. The van der Waals surface area contributed by atoms with Gasteiger partial charge in [0.2, 0.25) is 5.95 Å². The van der Waals surface area contributed by atoms with E-state index in [1.54, 1.807) is 6.07 Å². The Kier molecular flexibility index (Phi) is 2.74. The van der Waals surface area contributed by atoms with Crippen molar-refractivity contribution in [3.63, 3.8) is 0 Å². The van der Waals surface area contributed by atoms with E-state index in [4.69, 9.17) is 5.11 Å². The van der Waals surface area contributed by atoms with E-state index >= 15 is 0 Å². The summed E-state index contributed by atoms with van der Waals surface area (Å²) in [6, 6.07) is 12.0. The SMILES string of the molecule is OCc1ccc(F)nc1-c1ccccc1. The summed E-state index contributed by atoms with van der Waals surface area (Å²) in [7, 11) is 0. The molecule has 1 aromatic carbocycles. The van der Waals surface area contributed by atoms with Crippen LogP contribution >= 0.6 is 0 Å². The lowest BCUT2D eigenvalue weighted by Crippen LogP contribution is -1.95. The van der Waals surface area contributed by atoms with E-state index in [9.17, 15) is 4.39 Å². The standard InChI is InChI=1S/C12H10FNO/c13-11-7-6-10(8-15)12(14-11)9-4-2-1-3-5-9/h1-7,15H,8H2. The normalized spacial score (nSPS) is 10.3. The fourth-order valence-corrected chi connectivity index (χ4v) is 1.44. The molecule has 2 rings (SSSR count). The average molecular weight is 203 g/mol. The number of rotatable bonds is 2. The topological polar surface area (TPSA) is 33.1 Å². The molecule has 2 aromatic rings. The smallest absolute Gasteiger partial charge is 0.213 e. The van der Waals surface area contributed by atoms with Gasteiger partial charge in [0.05, 0.1) is 12.3 Å². The Hall–Kier alpha value is -1.74. The molecule has 0 atom stereocenters. The Morgan fingerprint density at radius 1 is 1.07 bits per heavy atom. The highest BCUT2D eigenvalue weighted by atomic mass is 19.1. The minimum atomic E-state index is -0.536. The van der Waals surface area contributed by atoms with Crippen LogP contribution < -0.4 is 0 Å². The summed E-state index contributed by atoms with van der Waals surface area (Å²) >= 11 is 0. The third-order valence-electron chi connectivity index (χ3n) is 2.16. The Labute approximate surface area is 87.0 Å². The number of halogens is 1. The van der Waals surface area contributed by atoms with Gasteiger partial charge in [0.1, 0.15) is 0 Å². The third kappa shape index (κ3) is 2.02. The van der Waals surface area contributed by atoms with E-state index in [1.807, 2.05) is 30.3 Å². The number of benzene rings is 1. The molecule has 0 saturated heterocycles. The molecule has 0 saturated carbocycles. The van der Waals surface area contributed by atoms with Crippen LogP contribution in [0.25, 0.3) is 11.3 Å². The van der Waals surface area contributed by atoms with Gasteiger partial charge in [-0.15, -0.1) is 0 Å². The van der Waals surface area contributed by atoms with Gasteiger partial charge in [-0.1, -0.05) is 36.4 Å². The first-order chi connectivity index (χ1) is 7.31. The molecule has 1 aromatic heterocycles. The van der Waals surface area contributed by atoms with Crippen LogP contribution in [-0.2, 0) is 6.61 Å². The van der Waals surface area contributed by atoms with Gasteiger partial charge >= 0.3 is 0 Å². The Morgan fingerprint density at radius 2 is 1.80 bits per heavy atom. The number of hydrogen-bond acceptors (Lipinski definition) is 2. The molecule has 0 radical (unpaired) electrons. The number of nitrogens with zero attached hydrogens (tertiary/aromatic N) is 1. The van der Waals surface area contributed by atoms with Crippen molar-refractivity contribution >= 4 is 0 Å². The molecular formula is C12H10FNO. The molecule has 0 bridgehead atoms. The highest BCUT2D eigenvalue weighted by Crippen LogP contribution is 2.21. The summed E-state index contributed by atoms with van der Waals surface area (Å²) < 4.78 is 13.0. The molecule has 0 aliphatic rings. The van der Waals surface area contributed by atoms with Crippen molar-refractivity contribution < 1.29 is 9.50 Å². The maximum atomic E-state index is 13.0. The van der Waals surface area contributed by atoms with Gasteiger partial charge in [0.25, 0.3) is 0 Å². The van der Waals surface area contributed by atoms with Crippen LogP contribution in [0.5, 0.6) is 0 Å². The largest absolute Gasteiger partial charge is 0.392 e. The van der Waals surface area contributed by atoms with E-state index in [-0.39, 0.29) is 6.61 Å². The maximum Gasteiger partial charge on any atom is 0.213 e. The second-order valence-electron chi connectivity index (χ2n) is 3.17. The molecule has 0 unspecified atom stereocenters. The Balaban J connectivity index is 2.56. The highest BCUT2D eigenvalue weighted by molar-refractivity contribution is 5.62. The molecule has 1 N–H and O–H groups in total. The average Bonchev–Trinajstić information content (AvgIpc) is 2.30. The first kappa shape index (κ1) is 9.80. The van der Waals surface area contributed by atoms with Gasteiger partial charge in [0, 0.05) is 11.1 Å². The lowest BCUT2D eigenvalue weighted by Gasteiger charge is -2.05. The summed E-state index contributed by atoms with van der Waals surface area (Å²) in [5, 5.41) is 9.11. The van der Waals surface area contributed by atoms with E-state index in [2.05, 4.69) is 4.98 Å². The number of aliphatic hydroxyl groups is 1. The Morgan fingerprint density at radius 3 is 2.47 bits per heavy atom. The second-order valence-corrected chi connectivity index (χ2v) is 3.17. The van der Waals surface area contributed by atoms with Crippen LogP contribution in [-0.4, -0.2) is 10.1 Å². The number of hydrogen-bond donors (Lipinski definition) is 1. The Bertz CT molecular complexity index is 456. The molecule has 0 aliphatic heterocycles. The minimum absolute atomic E-state index is 0.141. The van der Waals surface area contributed by atoms with Gasteiger partial charge in [-0.05, 0) is 6.07 Å². The first-order valence-corrected chi connectivity index (χ1v) is 4.63. The molecule has 1 heterocycles. The molecule has 3 heteroatoms. The lowest BCUT2D eigenvalue weighted by molar-refractivity contribution is 0.281. The van der Waals surface area contributed by atoms with E-state index < -0.39 is 5.95 Å². The van der Waals surface area contributed by atoms with E-state index in [0.29, 0.717) is 11.3 Å². The van der Waals surface area contributed by atoms with Crippen molar-refractivity contribution in [1.29, 1.82) is 0 Å². The molecular weight excluding hydrogens is 193 g/mol. The van der Waals surface area contributed by atoms with Crippen LogP contribution in [0.2, 0.25) is 0 Å². The van der Waals surface area contributed by atoms with Crippen LogP contribution in [0.15, 0.2) is 42.5 Å². The zero-order valence-electron chi connectivity index (χ0n) is 8.02. The van der Waals surface area contributed by atoms with Crippen molar-refractivity contribution in [1.82, 2.24) is 4.98 Å². The molecule has 0 spiro atoms. The molecule has 15 heavy (non-hydrogen) atoms. The van der Waals surface area contributed by atoms with Crippen molar-refractivity contribution in [3.05, 3.63) is 54.0 Å². The minimum Gasteiger partial charge on any atom is -0.392 e. The molecule has 0 fully saturated rings. The van der Waals surface area contributed by atoms with Crippen LogP contribution in [0.4, 0.5) is 4.39 Å². The first-order valence-electron chi connectivity index (χ1n) is 4.63. The zero-order valence-corrected chi connectivity index (χ0v) is 8.02. The summed E-state index contributed by atoms with van der Waals surface area (Å²) in [6.45, 7) is -0.141. The summed E-state index contributed by atoms with van der Waals surface area (Å²) in [5.74, 6) is -0.536. The second kappa shape index (κ2) is 4.19. The maximum absolute atomic E-state index is 13.0. The van der Waals surface area contributed by atoms with Crippen molar-refractivity contribution in [2.75, 3.05) is 0 Å². The van der Waals surface area contributed by atoms with Crippen molar-refractivity contribution in [2.45, 2.75) is 6.61 Å². The fraction of sp³-hybridized carbons (Fsp3) is 0.0833. The molecule has 2 nitrogen and oxygen atoms in total. The van der Waals surface area contributed by atoms with Gasteiger partial charge in [0.15, 0.2) is 0 Å². The van der Waals surface area contributed by atoms with E-state index in [1.165, 1.54) is 6.07 Å².